The summed E-state index contributed by atoms with van der Waals surface area (Å²) in [7, 11) is 0. The van der Waals surface area contributed by atoms with E-state index in [9.17, 15) is 46.0 Å². The van der Waals surface area contributed by atoms with Gasteiger partial charge >= 0.3 is 12.4 Å². The van der Waals surface area contributed by atoms with Crippen LogP contribution in [0.3, 0.4) is 0 Å². The maximum absolute atomic E-state index is 13.1. The number of rotatable bonds is 4. The summed E-state index contributed by atoms with van der Waals surface area (Å²) in [5, 5.41) is 12.5. The maximum atomic E-state index is 13.1. The number of benzene rings is 2. The molecule has 0 aliphatic carbocycles. The van der Waals surface area contributed by atoms with E-state index in [1.165, 1.54) is 5.01 Å². The molecule has 0 spiro atoms. The fourth-order valence-corrected chi connectivity index (χ4v) is 4.72. The number of hydrogen-bond acceptors (Lipinski definition) is 8. The molecular formula is C21H15F6N5O4S. The number of alkyl halides is 6. The summed E-state index contributed by atoms with van der Waals surface area (Å²) in [6.07, 6.45) is -9.43. The van der Waals surface area contributed by atoms with Gasteiger partial charge < -0.3 is 4.90 Å². The highest BCUT2D eigenvalue weighted by atomic mass is 32.1. The number of nitrogens with zero attached hydrogens (tertiary/aromatic N) is 4. The van der Waals surface area contributed by atoms with E-state index in [0.717, 1.165) is 24.3 Å². The number of piperazine rings is 1. The molecule has 2 aromatic carbocycles. The van der Waals surface area contributed by atoms with Gasteiger partial charge in [-0.05, 0) is 30.3 Å². The standard InChI is InChI=1S/C21H15F6N5O4S/c22-20(23,24)12-3-1-11(2-4-12)17(33)29-31-7-5-30(6-8-31)19-28-18(34)14-9-13(21(25,26)27)10-15(32(35)36)16(14)37-19/h1-4,9-10H,5-8H2,(H,29,33). The average Bonchev–Trinajstić information content (AvgIpc) is 2.82. The van der Waals surface area contributed by atoms with Crippen molar-refractivity contribution in [3.05, 3.63) is 73.6 Å². The van der Waals surface area contributed by atoms with Crippen LogP contribution in [0.4, 0.5) is 37.2 Å². The normalized spacial score (nSPS) is 15.1. The van der Waals surface area contributed by atoms with Crippen molar-refractivity contribution in [3.8, 4) is 0 Å². The van der Waals surface area contributed by atoms with Crippen LogP contribution in [0.2, 0.25) is 0 Å². The molecule has 2 heterocycles. The van der Waals surface area contributed by atoms with Gasteiger partial charge in [-0.15, -0.1) is 0 Å². The zero-order valence-corrected chi connectivity index (χ0v) is 19.2. The number of aromatic nitrogens is 1. The molecular weight excluding hydrogens is 532 g/mol. The Morgan fingerprint density at radius 1 is 0.973 bits per heavy atom. The van der Waals surface area contributed by atoms with E-state index in [1.807, 2.05) is 0 Å². The van der Waals surface area contributed by atoms with Crippen molar-refractivity contribution in [2.75, 3.05) is 31.1 Å². The molecule has 0 unspecified atom stereocenters. The highest BCUT2D eigenvalue weighted by molar-refractivity contribution is 7.22. The Labute approximate surface area is 207 Å². The van der Waals surface area contributed by atoms with E-state index in [-0.39, 0.29) is 41.6 Å². The van der Waals surface area contributed by atoms with Crippen molar-refractivity contribution < 1.29 is 36.1 Å². The molecule has 1 aliphatic rings. The molecule has 9 nitrogen and oxygen atoms in total. The van der Waals surface area contributed by atoms with Crippen LogP contribution < -0.4 is 15.9 Å². The van der Waals surface area contributed by atoms with Gasteiger partial charge in [-0.3, -0.25) is 25.1 Å². The van der Waals surface area contributed by atoms with Crippen molar-refractivity contribution in [3.63, 3.8) is 0 Å². The van der Waals surface area contributed by atoms with Crippen LogP contribution >= 0.6 is 11.3 Å². The molecule has 1 amide bonds. The van der Waals surface area contributed by atoms with Gasteiger partial charge in [0.05, 0.1) is 21.4 Å². The number of halogens is 6. The molecule has 0 atom stereocenters. The highest BCUT2D eigenvalue weighted by Gasteiger charge is 2.35. The molecule has 37 heavy (non-hydrogen) atoms. The van der Waals surface area contributed by atoms with E-state index < -0.39 is 50.9 Å². The Morgan fingerprint density at radius 2 is 1.57 bits per heavy atom. The van der Waals surface area contributed by atoms with Crippen LogP contribution in [-0.2, 0) is 12.4 Å². The van der Waals surface area contributed by atoms with E-state index in [2.05, 4.69) is 10.4 Å². The monoisotopic (exact) mass is 547 g/mol. The van der Waals surface area contributed by atoms with Gasteiger partial charge in [0.2, 0.25) is 0 Å². The van der Waals surface area contributed by atoms with Gasteiger partial charge in [0.25, 0.3) is 17.2 Å². The Morgan fingerprint density at radius 3 is 2.11 bits per heavy atom. The third-order valence-corrected chi connectivity index (χ3v) is 6.66. The van der Waals surface area contributed by atoms with Gasteiger partial charge in [0.1, 0.15) is 4.70 Å². The molecule has 0 saturated carbocycles. The third kappa shape index (κ3) is 5.64. The largest absolute Gasteiger partial charge is 0.416 e. The highest BCUT2D eigenvalue weighted by Crippen LogP contribution is 2.38. The van der Waals surface area contributed by atoms with Gasteiger partial charge in [-0.2, -0.15) is 31.3 Å². The molecule has 1 aromatic heterocycles. The predicted octanol–water partition coefficient (Wildman–Crippen LogP) is 4.07. The van der Waals surface area contributed by atoms with Crippen molar-refractivity contribution in [2.24, 2.45) is 0 Å². The summed E-state index contributed by atoms with van der Waals surface area (Å²) < 4.78 is 77.2. The molecule has 1 saturated heterocycles. The van der Waals surface area contributed by atoms with Crippen LogP contribution in [-0.4, -0.2) is 47.0 Å². The molecule has 196 valence electrons. The van der Waals surface area contributed by atoms with Crippen molar-refractivity contribution in [1.82, 2.24) is 15.4 Å². The third-order valence-electron chi connectivity index (χ3n) is 5.50. The maximum Gasteiger partial charge on any atom is 0.416 e. The number of fused-ring (bicyclic) bond motifs is 1. The van der Waals surface area contributed by atoms with Crippen LogP contribution in [0, 0.1) is 10.1 Å². The number of nitro benzene ring substituents is 1. The van der Waals surface area contributed by atoms with E-state index in [4.69, 9.17) is 0 Å². The summed E-state index contributed by atoms with van der Waals surface area (Å²) in [6, 6.07) is 4.57. The van der Waals surface area contributed by atoms with Gasteiger partial charge in [0.15, 0.2) is 5.13 Å². The van der Waals surface area contributed by atoms with E-state index in [1.54, 1.807) is 4.90 Å². The zero-order chi connectivity index (χ0) is 27.1. The first-order valence-corrected chi connectivity index (χ1v) is 11.2. The summed E-state index contributed by atoms with van der Waals surface area (Å²) in [6.45, 7) is 0.774. The molecule has 1 aliphatic heterocycles. The number of anilines is 1. The lowest BCUT2D eigenvalue weighted by molar-refractivity contribution is -0.383. The SMILES string of the molecule is O=C(NN1CCN(c2nc(=O)c3cc(C(F)(F)F)cc([N+](=O)[O-])c3s2)CC1)c1ccc(C(F)(F)F)cc1. The lowest BCUT2D eigenvalue weighted by Gasteiger charge is -2.34. The molecule has 4 rings (SSSR count). The Kier molecular flexibility index (Phi) is 6.81. The summed E-state index contributed by atoms with van der Waals surface area (Å²) in [4.78, 5) is 40.7. The second-order valence-electron chi connectivity index (χ2n) is 7.92. The number of hydrazine groups is 1. The number of non-ortho nitro benzene ring substituents is 1. The van der Waals surface area contributed by atoms with Crippen molar-refractivity contribution >= 4 is 38.1 Å². The molecule has 1 N–H and O–H groups in total. The van der Waals surface area contributed by atoms with Crippen molar-refractivity contribution in [1.29, 1.82) is 0 Å². The number of amides is 1. The van der Waals surface area contributed by atoms with E-state index >= 15 is 0 Å². The first-order chi connectivity index (χ1) is 17.2. The second-order valence-corrected chi connectivity index (χ2v) is 8.90. The number of hydrogen-bond donors (Lipinski definition) is 1. The van der Waals surface area contributed by atoms with Gasteiger partial charge in [0, 0.05) is 37.8 Å². The Bertz CT molecular complexity index is 1420. The van der Waals surface area contributed by atoms with Crippen LogP contribution in [0.5, 0.6) is 0 Å². The molecule has 3 aromatic rings. The minimum Gasteiger partial charge on any atom is -0.345 e. The minimum atomic E-state index is -4.89. The van der Waals surface area contributed by atoms with Crippen LogP contribution in [0.1, 0.15) is 21.5 Å². The van der Waals surface area contributed by atoms with Crippen molar-refractivity contribution in [2.45, 2.75) is 12.4 Å². The lowest BCUT2D eigenvalue weighted by atomic mass is 10.1. The van der Waals surface area contributed by atoms with E-state index in [0.29, 0.717) is 23.5 Å². The Hall–Kier alpha value is -3.79. The van der Waals surface area contributed by atoms with Gasteiger partial charge in [-0.25, -0.2) is 5.01 Å². The van der Waals surface area contributed by atoms with Crippen LogP contribution in [0.15, 0.2) is 41.2 Å². The molecule has 0 bridgehead atoms. The average molecular weight is 547 g/mol. The lowest BCUT2D eigenvalue weighted by Crippen LogP contribution is -2.53. The van der Waals surface area contributed by atoms with Crippen LogP contribution in [0.25, 0.3) is 10.1 Å². The first kappa shape index (κ1) is 26.3. The Balaban J connectivity index is 1.49. The molecule has 16 heteroatoms. The smallest absolute Gasteiger partial charge is 0.345 e. The second kappa shape index (κ2) is 9.59. The predicted molar refractivity (Wildman–Crippen MR) is 120 cm³/mol. The summed E-state index contributed by atoms with van der Waals surface area (Å²) in [5.74, 6) is -0.633. The quantitative estimate of drug-likeness (QED) is 0.298. The number of carbonyl (C=O) groups excluding carboxylic acids is 1. The number of carbonyl (C=O) groups is 1. The molecule has 1 fully saturated rings. The fourth-order valence-electron chi connectivity index (χ4n) is 3.60. The summed E-state index contributed by atoms with van der Waals surface area (Å²) in [5.41, 5.74) is -1.56. The summed E-state index contributed by atoms with van der Waals surface area (Å²) >= 11 is 0.705. The minimum absolute atomic E-state index is 0.00961. The molecule has 0 radical (unpaired) electrons. The zero-order valence-electron chi connectivity index (χ0n) is 18.4. The van der Waals surface area contributed by atoms with Gasteiger partial charge in [-0.1, -0.05) is 11.3 Å². The fraction of sp³-hybridized carbons (Fsp3) is 0.286. The topological polar surface area (TPSA) is 109 Å². The number of nitro groups is 1. The number of nitrogens with one attached hydrogen (secondary N) is 1. The first-order valence-electron chi connectivity index (χ1n) is 10.4.